The van der Waals surface area contributed by atoms with Gasteiger partial charge < -0.3 is 14.7 Å². The number of ether oxygens (including phenoxy) is 1. The molecule has 5 heteroatoms. The smallest absolute Gasteiger partial charge is 0.339 e. The van der Waals surface area contributed by atoms with Crippen molar-refractivity contribution in [1.82, 2.24) is 0 Å². The molecule has 1 heterocycles. The quantitative estimate of drug-likeness (QED) is 0.897. The van der Waals surface area contributed by atoms with Gasteiger partial charge in [-0.1, -0.05) is 17.7 Å². The van der Waals surface area contributed by atoms with E-state index in [1.165, 1.54) is 0 Å². The largest absolute Gasteiger partial charge is 0.478 e. The summed E-state index contributed by atoms with van der Waals surface area (Å²) < 4.78 is 5.63. The number of aromatic carboxylic acids is 1. The number of carboxylic acids is 1. The molecule has 0 atom stereocenters. The lowest BCUT2D eigenvalue weighted by molar-refractivity contribution is -0.0277. The topological polar surface area (TPSA) is 49.8 Å². The minimum Gasteiger partial charge on any atom is -0.478 e. The first-order chi connectivity index (χ1) is 8.41. The SMILES string of the molecule is CC1(C)CN(c2cccc(Cl)c2C(=O)O)CCO1. The van der Waals surface area contributed by atoms with E-state index in [-0.39, 0.29) is 16.2 Å². The van der Waals surface area contributed by atoms with Crippen LogP contribution in [0.15, 0.2) is 18.2 Å². The molecule has 1 saturated heterocycles. The van der Waals surface area contributed by atoms with E-state index in [1.807, 2.05) is 18.7 Å². The molecule has 2 rings (SSSR count). The summed E-state index contributed by atoms with van der Waals surface area (Å²) in [6.45, 7) is 5.88. The van der Waals surface area contributed by atoms with Crippen molar-refractivity contribution in [2.24, 2.45) is 0 Å². The molecule has 0 aromatic heterocycles. The molecule has 0 bridgehead atoms. The molecule has 1 fully saturated rings. The fraction of sp³-hybridized carbons (Fsp3) is 0.462. The zero-order chi connectivity index (χ0) is 13.3. The number of carbonyl (C=O) groups is 1. The maximum Gasteiger partial charge on any atom is 0.339 e. The highest BCUT2D eigenvalue weighted by Crippen LogP contribution is 2.30. The Morgan fingerprint density at radius 3 is 2.83 bits per heavy atom. The van der Waals surface area contributed by atoms with E-state index in [2.05, 4.69) is 0 Å². The highest BCUT2D eigenvalue weighted by atomic mass is 35.5. The fourth-order valence-electron chi connectivity index (χ4n) is 2.21. The first-order valence-electron chi connectivity index (χ1n) is 5.81. The van der Waals surface area contributed by atoms with E-state index in [9.17, 15) is 9.90 Å². The Kier molecular flexibility index (Phi) is 3.50. The number of nitrogens with zero attached hydrogens (tertiary/aromatic N) is 1. The molecule has 0 aliphatic carbocycles. The molecule has 0 spiro atoms. The van der Waals surface area contributed by atoms with Crippen LogP contribution in [0.5, 0.6) is 0 Å². The maximum absolute atomic E-state index is 11.3. The fourth-order valence-corrected chi connectivity index (χ4v) is 2.46. The van der Waals surface area contributed by atoms with Gasteiger partial charge in [0.25, 0.3) is 0 Å². The zero-order valence-electron chi connectivity index (χ0n) is 10.4. The van der Waals surface area contributed by atoms with Gasteiger partial charge in [-0.25, -0.2) is 4.79 Å². The van der Waals surface area contributed by atoms with Gasteiger partial charge >= 0.3 is 5.97 Å². The van der Waals surface area contributed by atoms with Crippen LogP contribution in [0.2, 0.25) is 5.02 Å². The van der Waals surface area contributed by atoms with Crippen LogP contribution < -0.4 is 4.90 Å². The molecule has 1 aromatic rings. The average molecular weight is 270 g/mol. The van der Waals surface area contributed by atoms with Crippen molar-refractivity contribution in [3.8, 4) is 0 Å². The van der Waals surface area contributed by atoms with Crippen LogP contribution in [0.4, 0.5) is 5.69 Å². The second-order valence-electron chi connectivity index (χ2n) is 4.97. The lowest BCUT2D eigenvalue weighted by Gasteiger charge is -2.40. The van der Waals surface area contributed by atoms with E-state index >= 15 is 0 Å². The zero-order valence-corrected chi connectivity index (χ0v) is 11.2. The first-order valence-corrected chi connectivity index (χ1v) is 6.19. The van der Waals surface area contributed by atoms with Crippen molar-refractivity contribution in [1.29, 1.82) is 0 Å². The molecule has 0 saturated carbocycles. The molecule has 0 radical (unpaired) electrons. The third kappa shape index (κ3) is 2.60. The third-order valence-electron chi connectivity index (χ3n) is 2.97. The Morgan fingerprint density at radius 1 is 1.50 bits per heavy atom. The number of hydrogen-bond donors (Lipinski definition) is 1. The second kappa shape index (κ2) is 4.78. The summed E-state index contributed by atoms with van der Waals surface area (Å²) in [7, 11) is 0. The van der Waals surface area contributed by atoms with Gasteiger partial charge in [0.05, 0.1) is 22.9 Å². The average Bonchev–Trinajstić information content (AvgIpc) is 2.26. The monoisotopic (exact) mass is 269 g/mol. The number of anilines is 1. The van der Waals surface area contributed by atoms with Crippen LogP contribution in [0.3, 0.4) is 0 Å². The molecule has 0 unspecified atom stereocenters. The molecule has 98 valence electrons. The summed E-state index contributed by atoms with van der Waals surface area (Å²) >= 11 is 5.98. The van der Waals surface area contributed by atoms with Gasteiger partial charge in [-0.15, -0.1) is 0 Å². The number of halogens is 1. The summed E-state index contributed by atoms with van der Waals surface area (Å²) in [5.41, 5.74) is 0.541. The van der Waals surface area contributed by atoms with Crippen LogP contribution in [0.1, 0.15) is 24.2 Å². The molecule has 1 aliphatic heterocycles. The summed E-state index contributed by atoms with van der Waals surface area (Å²) in [5.74, 6) is -1.00. The van der Waals surface area contributed by atoms with Crippen molar-refractivity contribution >= 4 is 23.3 Å². The minimum atomic E-state index is -1.00. The number of rotatable bonds is 2. The summed E-state index contributed by atoms with van der Waals surface area (Å²) in [6.07, 6.45) is 0. The maximum atomic E-state index is 11.3. The van der Waals surface area contributed by atoms with Gasteiger partial charge in [0.15, 0.2) is 0 Å². The predicted molar refractivity (Wildman–Crippen MR) is 70.7 cm³/mol. The van der Waals surface area contributed by atoms with E-state index in [1.54, 1.807) is 18.2 Å². The van der Waals surface area contributed by atoms with Crippen LogP contribution >= 0.6 is 11.6 Å². The van der Waals surface area contributed by atoms with E-state index in [4.69, 9.17) is 16.3 Å². The van der Waals surface area contributed by atoms with Crippen LogP contribution in [-0.2, 0) is 4.74 Å². The molecule has 0 amide bonds. The van der Waals surface area contributed by atoms with Crippen LogP contribution in [0, 0.1) is 0 Å². The normalized spacial score (nSPS) is 18.7. The Balaban J connectivity index is 2.39. The highest BCUT2D eigenvalue weighted by molar-refractivity contribution is 6.34. The summed E-state index contributed by atoms with van der Waals surface area (Å²) in [6, 6.07) is 5.16. The number of benzene rings is 1. The molecular formula is C13H16ClNO3. The van der Waals surface area contributed by atoms with Crippen LogP contribution in [0.25, 0.3) is 0 Å². The van der Waals surface area contributed by atoms with Crippen LogP contribution in [-0.4, -0.2) is 36.4 Å². The first kappa shape index (κ1) is 13.2. The molecule has 1 aromatic carbocycles. The van der Waals surface area contributed by atoms with Gasteiger partial charge in [-0.05, 0) is 26.0 Å². The Bertz CT molecular complexity index is 473. The van der Waals surface area contributed by atoms with Gasteiger partial charge in [-0.3, -0.25) is 0 Å². The van der Waals surface area contributed by atoms with Crippen molar-refractivity contribution in [3.63, 3.8) is 0 Å². The molecule has 4 nitrogen and oxygen atoms in total. The van der Waals surface area contributed by atoms with E-state index in [0.717, 1.165) is 0 Å². The third-order valence-corrected chi connectivity index (χ3v) is 3.29. The Morgan fingerprint density at radius 2 is 2.22 bits per heavy atom. The molecular weight excluding hydrogens is 254 g/mol. The predicted octanol–water partition coefficient (Wildman–Crippen LogP) is 2.65. The molecule has 1 N–H and O–H groups in total. The minimum absolute atomic E-state index is 0.164. The Labute approximate surface area is 111 Å². The second-order valence-corrected chi connectivity index (χ2v) is 5.38. The van der Waals surface area contributed by atoms with Gasteiger partial charge in [0.2, 0.25) is 0 Å². The van der Waals surface area contributed by atoms with Gasteiger partial charge in [0.1, 0.15) is 5.56 Å². The highest BCUT2D eigenvalue weighted by Gasteiger charge is 2.29. The molecule has 18 heavy (non-hydrogen) atoms. The van der Waals surface area contributed by atoms with Crippen molar-refractivity contribution in [2.45, 2.75) is 19.4 Å². The van der Waals surface area contributed by atoms with E-state index in [0.29, 0.717) is 25.4 Å². The van der Waals surface area contributed by atoms with Crippen molar-refractivity contribution in [2.75, 3.05) is 24.6 Å². The number of morpholine rings is 1. The standard InChI is InChI=1S/C13H16ClNO3/c1-13(2)8-15(6-7-18-13)10-5-3-4-9(14)11(10)12(16)17/h3-5H,6-8H2,1-2H3,(H,16,17). The lowest BCUT2D eigenvalue weighted by atomic mass is 10.0. The van der Waals surface area contributed by atoms with Gasteiger partial charge in [0, 0.05) is 13.1 Å². The lowest BCUT2D eigenvalue weighted by Crippen LogP contribution is -2.48. The number of hydrogen-bond acceptors (Lipinski definition) is 3. The van der Waals surface area contributed by atoms with Crippen molar-refractivity contribution in [3.05, 3.63) is 28.8 Å². The summed E-state index contributed by atoms with van der Waals surface area (Å²) in [4.78, 5) is 13.3. The number of carboxylic acid groups (broad SMARTS) is 1. The molecule has 1 aliphatic rings. The summed E-state index contributed by atoms with van der Waals surface area (Å²) in [5, 5.41) is 9.53. The Hall–Kier alpha value is -1.26. The van der Waals surface area contributed by atoms with Crippen molar-refractivity contribution < 1.29 is 14.6 Å². The van der Waals surface area contributed by atoms with E-state index < -0.39 is 5.97 Å². The van der Waals surface area contributed by atoms with Gasteiger partial charge in [-0.2, -0.15) is 0 Å².